The zero-order valence-electron chi connectivity index (χ0n) is 15.4. The Morgan fingerprint density at radius 3 is 2.56 bits per heavy atom. The molecule has 1 atom stereocenters. The number of sulfonamides is 1. The molecule has 25 heavy (non-hydrogen) atoms. The first-order valence-electron chi connectivity index (χ1n) is 8.54. The standard InChI is InChI=1S/C17H28N2O4S2/c1-17(2,3)14-7-8-16(24-14)25(22,23)19-10-5-6-13(9-11-19)18(4)12-15(20)21/h7-8,13H,5-6,9-12H2,1-4H3,(H,20,21). The van der Waals surface area contributed by atoms with Gasteiger partial charge in [-0.05, 0) is 43.9 Å². The molecule has 0 saturated carbocycles. The van der Waals surface area contributed by atoms with Crippen LogP contribution in [0.2, 0.25) is 0 Å². The van der Waals surface area contributed by atoms with Crippen LogP contribution >= 0.6 is 11.3 Å². The molecule has 0 amide bonds. The lowest BCUT2D eigenvalue weighted by Gasteiger charge is -2.25. The van der Waals surface area contributed by atoms with Crippen molar-refractivity contribution in [1.29, 1.82) is 0 Å². The maximum atomic E-state index is 13.0. The SMILES string of the molecule is CN(CC(=O)O)C1CCCN(S(=O)(=O)c2ccc(C(C)(C)C)s2)CC1. The van der Waals surface area contributed by atoms with E-state index in [-0.39, 0.29) is 18.0 Å². The number of aliphatic carboxylic acids is 1. The summed E-state index contributed by atoms with van der Waals surface area (Å²) in [5.74, 6) is -0.857. The fourth-order valence-electron chi connectivity index (χ4n) is 3.07. The van der Waals surface area contributed by atoms with E-state index in [0.717, 1.165) is 17.7 Å². The minimum absolute atomic E-state index is 0.0166. The van der Waals surface area contributed by atoms with Crippen molar-refractivity contribution >= 4 is 27.3 Å². The van der Waals surface area contributed by atoms with E-state index in [1.54, 1.807) is 22.3 Å². The fraction of sp³-hybridized carbons (Fsp3) is 0.706. The van der Waals surface area contributed by atoms with Crippen molar-refractivity contribution in [2.75, 3.05) is 26.7 Å². The summed E-state index contributed by atoms with van der Waals surface area (Å²) in [5.41, 5.74) is -0.0676. The summed E-state index contributed by atoms with van der Waals surface area (Å²) in [6, 6.07) is 3.71. The Morgan fingerprint density at radius 2 is 2.00 bits per heavy atom. The summed E-state index contributed by atoms with van der Waals surface area (Å²) in [4.78, 5) is 13.7. The third kappa shape index (κ3) is 5.03. The Balaban J connectivity index is 2.10. The van der Waals surface area contributed by atoms with Gasteiger partial charge in [-0.3, -0.25) is 9.69 Å². The Labute approximate surface area is 154 Å². The predicted molar refractivity (Wildman–Crippen MR) is 99.7 cm³/mol. The Bertz CT molecular complexity index is 706. The van der Waals surface area contributed by atoms with Crippen LogP contribution in [-0.4, -0.2) is 61.4 Å². The normalized spacial score (nSPS) is 20.6. The lowest BCUT2D eigenvalue weighted by atomic mass is 9.95. The fourth-order valence-corrected chi connectivity index (χ4v) is 6.08. The van der Waals surface area contributed by atoms with Gasteiger partial charge in [0.05, 0.1) is 6.54 Å². The van der Waals surface area contributed by atoms with E-state index >= 15 is 0 Å². The zero-order chi connectivity index (χ0) is 18.8. The van der Waals surface area contributed by atoms with Crippen molar-refractivity contribution in [2.45, 2.75) is 55.7 Å². The van der Waals surface area contributed by atoms with Gasteiger partial charge < -0.3 is 5.11 Å². The first kappa shape index (κ1) is 20.4. The number of carboxylic acids is 1. The first-order chi connectivity index (χ1) is 11.5. The van der Waals surface area contributed by atoms with Gasteiger partial charge in [0, 0.05) is 24.0 Å². The van der Waals surface area contributed by atoms with E-state index in [1.165, 1.54) is 11.3 Å². The highest BCUT2D eigenvalue weighted by Gasteiger charge is 2.31. The molecule has 1 fully saturated rings. The van der Waals surface area contributed by atoms with Crippen molar-refractivity contribution in [3.05, 3.63) is 17.0 Å². The van der Waals surface area contributed by atoms with E-state index in [2.05, 4.69) is 20.8 Å². The molecule has 1 aliphatic heterocycles. The van der Waals surface area contributed by atoms with Gasteiger partial charge in [-0.25, -0.2) is 8.42 Å². The van der Waals surface area contributed by atoms with Crippen LogP contribution in [0.5, 0.6) is 0 Å². The molecule has 0 bridgehead atoms. The molecule has 142 valence electrons. The number of rotatable bonds is 5. The minimum Gasteiger partial charge on any atom is -0.480 e. The number of thiophene rings is 1. The van der Waals surface area contributed by atoms with Crippen LogP contribution in [-0.2, 0) is 20.2 Å². The largest absolute Gasteiger partial charge is 0.480 e. The molecular weight excluding hydrogens is 360 g/mol. The molecule has 8 heteroatoms. The molecule has 2 heterocycles. The lowest BCUT2D eigenvalue weighted by molar-refractivity contribution is -0.138. The van der Waals surface area contributed by atoms with Gasteiger partial charge in [-0.2, -0.15) is 4.31 Å². The molecule has 0 spiro atoms. The van der Waals surface area contributed by atoms with Crippen molar-refractivity contribution in [3.63, 3.8) is 0 Å². The van der Waals surface area contributed by atoms with Gasteiger partial charge in [0.1, 0.15) is 4.21 Å². The molecule has 0 aliphatic carbocycles. The molecule has 1 aromatic rings. The summed E-state index contributed by atoms with van der Waals surface area (Å²) in [7, 11) is -1.69. The van der Waals surface area contributed by atoms with Gasteiger partial charge in [0.15, 0.2) is 0 Å². The van der Waals surface area contributed by atoms with Crippen LogP contribution in [0.3, 0.4) is 0 Å². The van der Waals surface area contributed by atoms with Crippen LogP contribution in [0.25, 0.3) is 0 Å². The zero-order valence-corrected chi connectivity index (χ0v) is 17.0. The molecule has 2 rings (SSSR count). The molecule has 6 nitrogen and oxygen atoms in total. The summed E-state index contributed by atoms with van der Waals surface area (Å²) in [6.07, 6.45) is 2.21. The van der Waals surface area contributed by atoms with Gasteiger partial charge in [-0.1, -0.05) is 20.8 Å². The van der Waals surface area contributed by atoms with Crippen LogP contribution in [0.1, 0.15) is 44.9 Å². The van der Waals surface area contributed by atoms with Crippen molar-refractivity contribution in [2.24, 2.45) is 0 Å². The maximum absolute atomic E-state index is 13.0. The van der Waals surface area contributed by atoms with Crippen LogP contribution in [0.4, 0.5) is 0 Å². The summed E-state index contributed by atoms with van der Waals surface area (Å²) in [5, 5.41) is 8.94. The second-order valence-electron chi connectivity index (χ2n) is 7.67. The van der Waals surface area contributed by atoms with E-state index in [9.17, 15) is 13.2 Å². The number of nitrogens with zero attached hydrogens (tertiary/aromatic N) is 2. The monoisotopic (exact) mass is 388 g/mol. The molecule has 1 aliphatic rings. The quantitative estimate of drug-likeness (QED) is 0.839. The Morgan fingerprint density at radius 1 is 1.32 bits per heavy atom. The Kier molecular flexibility index (Phi) is 6.30. The van der Waals surface area contributed by atoms with Crippen molar-refractivity contribution in [1.82, 2.24) is 9.21 Å². The van der Waals surface area contributed by atoms with Gasteiger partial charge in [-0.15, -0.1) is 11.3 Å². The van der Waals surface area contributed by atoms with E-state index in [4.69, 9.17) is 5.11 Å². The van der Waals surface area contributed by atoms with Crippen LogP contribution < -0.4 is 0 Å². The molecule has 1 saturated heterocycles. The second kappa shape index (κ2) is 7.73. The highest BCUT2D eigenvalue weighted by Crippen LogP contribution is 2.33. The average molecular weight is 389 g/mol. The van der Waals surface area contributed by atoms with Crippen molar-refractivity contribution < 1.29 is 18.3 Å². The predicted octanol–water partition coefficient (Wildman–Crippen LogP) is 2.61. The summed E-state index contributed by atoms with van der Waals surface area (Å²) >= 11 is 1.34. The third-order valence-corrected chi connectivity index (χ3v) is 8.46. The van der Waals surface area contributed by atoms with Crippen LogP contribution in [0.15, 0.2) is 16.3 Å². The summed E-state index contributed by atoms with van der Waals surface area (Å²) < 4.78 is 27.9. The topological polar surface area (TPSA) is 77.9 Å². The number of hydrogen-bond acceptors (Lipinski definition) is 5. The smallest absolute Gasteiger partial charge is 0.317 e. The van der Waals surface area contributed by atoms with E-state index < -0.39 is 16.0 Å². The summed E-state index contributed by atoms with van der Waals surface area (Å²) in [6.45, 7) is 7.12. The van der Waals surface area contributed by atoms with Gasteiger partial charge in [0.25, 0.3) is 10.0 Å². The van der Waals surface area contributed by atoms with Crippen molar-refractivity contribution in [3.8, 4) is 0 Å². The number of carbonyl (C=O) groups is 1. The molecule has 0 radical (unpaired) electrons. The van der Waals surface area contributed by atoms with Gasteiger partial charge >= 0.3 is 5.97 Å². The molecule has 1 aromatic heterocycles. The molecule has 0 aromatic carbocycles. The minimum atomic E-state index is -3.48. The first-order valence-corrected chi connectivity index (χ1v) is 10.8. The maximum Gasteiger partial charge on any atom is 0.317 e. The second-order valence-corrected chi connectivity index (χ2v) is 10.9. The number of carboxylic acid groups (broad SMARTS) is 1. The lowest BCUT2D eigenvalue weighted by Crippen LogP contribution is -2.37. The van der Waals surface area contributed by atoms with Gasteiger partial charge in [0.2, 0.25) is 0 Å². The van der Waals surface area contributed by atoms with Crippen LogP contribution in [0, 0.1) is 0 Å². The highest BCUT2D eigenvalue weighted by atomic mass is 32.2. The molecule has 1 N–H and O–H groups in total. The number of hydrogen-bond donors (Lipinski definition) is 1. The van der Waals surface area contributed by atoms with E-state index in [0.29, 0.717) is 23.7 Å². The number of likely N-dealkylation sites (N-methyl/N-ethyl adjacent to an activating group) is 1. The molecule has 1 unspecified atom stereocenters. The van der Waals surface area contributed by atoms with E-state index in [1.807, 2.05) is 6.07 Å². The average Bonchev–Trinajstić information content (AvgIpc) is 2.85. The highest BCUT2D eigenvalue weighted by molar-refractivity contribution is 7.91. The Hall–Kier alpha value is -0.960. The third-order valence-electron chi connectivity index (χ3n) is 4.58. The molecular formula is C17H28N2O4S2.